The average molecular weight is 263 g/mol. The minimum Gasteiger partial charge on any atom is -0.476 e. The van der Waals surface area contributed by atoms with Gasteiger partial charge in [0.1, 0.15) is 5.82 Å². The molecule has 0 amide bonds. The van der Waals surface area contributed by atoms with Gasteiger partial charge in [0.05, 0.1) is 12.3 Å². The van der Waals surface area contributed by atoms with Crippen molar-refractivity contribution in [1.29, 1.82) is 0 Å². The zero-order valence-corrected chi connectivity index (χ0v) is 12.4. The molecule has 4 nitrogen and oxygen atoms in total. The first kappa shape index (κ1) is 14.0. The molecule has 4 heteroatoms. The smallest absolute Gasteiger partial charge is 0.239 e. The highest BCUT2D eigenvalue weighted by atomic mass is 16.5. The molecule has 1 aliphatic rings. The van der Waals surface area contributed by atoms with E-state index in [4.69, 9.17) is 10.5 Å². The quantitative estimate of drug-likeness (QED) is 0.855. The van der Waals surface area contributed by atoms with Gasteiger partial charge in [-0.3, -0.25) is 0 Å². The van der Waals surface area contributed by atoms with Crippen LogP contribution in [-0.2, 0) is 0 Å². The first-order chi connectivity index (χ1) is 8.86. The van der Waals surface area contributed by atoms with Crippen molar-refractivity contribution in [3.05, 3.63) is 12.1 Å². The Hall–Kier alpha value is -1.45. The summed E-state index contributed by atoms with van der Waals surface area (Å²) in [6.07, 6.45) is 2.53. The molecule has 0 aliphatic heterocycles. The summed E-state index contributed by atoms with van der Waals surface area (Å²) in [5.74, 6) is 2.08. The minimum atomic E-state index is 0.179. The molecule has 1 aromatic heterocycles. The van der Waals surface area contributed by atoms with E-state index in [0.717, 1.165) is 12.4 Å². The van der Waals surface area contributed by atoms with Crippen molar-refractivity contribution in [2.45, 2.75) is 46.6 Å². The Morgan fingerprint density at radius 2 is 2.11 bits per heavy atom. The molecule has 19 heavy (non-hydrogen) atoms. The lowest BCUT2D eigenvalue weighted by molar-refractivity contribution is 0.290. The number of nitrogens with one attached hydrogen (secondary N) is 1. The van der Waals surface area contributed by atoms with E-state index in [1.807, 2.05) is 12.1 Å². The fraction of sp³-hybridized carbons (Fsp3) is 0.667. The summed E-state index contributed by atoms with van der Waals surface area (Å²) in [7, 11) is 0. The fourth-order valence-electron chi connectivity index (χ4n) is 1.57. The molecule has 1 fully saturated rings. The predicted octanol–water partition coefficient (Wildman–Crippen LogP) is 3.30. The maximum Gasteiger partial charge on any atom is 0.239 e. The zero-order valence-electron chi connectivity index (χ0n) is 12.4. The highest BCUT2D eigenvalue weighted by Gasteiger charge is 2.23. The summed E-state index contributed by atoms with van der Waals surface area (Å²) in [5.41, 5.74) is 6.68. The van der Waals surface area contributed by atoms with Crippen LogP contribution in [0.15, 0.2) is 12.1 Å². The third-order valence-electron chi connectivity index (χ3n) is 3.71. The summed E-state index contributed by atoms with van der Waals surface area (Å²) in [6, 6.07) is 4.08. The summed E-state index contributed by atoms with van der Waals surface area (Å²) in [4.78, 5) is 4.47. The van der Waals surface area contributed by atoms with Crippen molar-refractivity contribution < 1.29 is 4.74 Å². The highest BCUT2D eigenvalue weighted by molar-refractivity contribution is 5.53. The molecule has 0 bridgehead atoms. The van der Waals surface area contributed by atoms with E-state index < -0.39 is 0 Å². The lowest BCUT2D eigenvalue weighted by atomic mass is 9.88. The van der Waals surface area contributed by atoms with Crippen LogP contribution in [0.4, 0.5) is 11.5 Å². The molecule has 0 spiro atoms. The van der Waals surface area contributed by atoms with Gasteiger partial charge >= 0.3 is 0 Å². The molecule has 1 unspecified atom stereocenters. The molecule has 1 aromatic rings. The summed E-state index contributed by atoms with van der Waals surface area (Å²) in [5, 5.41) is 3.41. The van der Waals surface area contributed by atoms with E-state index in [0.29, 0.717) is 23.5 Å². The second-order valence-corrected chi connectivity index (χ2v) is 6.58. The standard InChI is InChI=1S/C15H25N3O/c1-10(15(2,3)4)17-13-8-7-12(16)14(18-13)19-9-11-5-6-11/h7-8,10-11H,5-6,9,16H2,1-4H3,(H,17,18). The number of nitrogens with two attached hydrogens (primary N) is 1. The summed E-state index contributed by atoms with van der Waals surface area (Å²) >= 11 is 0. The van der Waals surface area contributed by atoms with Crippen molar-refractivity contribution in [2.75, 3.05) is 17.7 Å². The SMILES string of the molecule is CC(Nc1ccc(N)c(OCC2CC2)n1)C(C)(C)C. The van der Waals surface area contributed by atoms with Gasteiger partial charge in [-0.25, -0.2) is 0 Å². The number of aromatic nitrogens is 1. The van der Waals surface area contributed by atoms with Crippen LogP contribution in [0.25, 0.3) is 0 Å². The Kier molecular flexibility index (Phi) is 3.88. The third-order valence-corrected chi connectivity index (χ3v) is 3.71. The van der Waals surface area contributed by atoms with Gasteiger partial charge < -0.3 is 15.8 Å². The number of pyridine rings is 1. The first-order valence-corrected chi connectivity index (χ1v) is 7.02. The molecule has 0 radical (unpaired) electrons. The number of hydrogen-bond donors (Lipinski definition) is 2. The Morgan fingerprint density at radius 1 is 1.42 bits per heavy atom. The molecule has 2 rings (SSSR count). The second kappa shape index (κ2) is 5.27. The summed E-state index contributed by atoms with van der Waals surface area (Å²) < 4.78 is 5.69. The number of rotatable bonds is 5. The normalized spacial score (nSPS) is 17.1. The van der Waals surface area contributed by atoms with Crippen LogP contribution < -0.4 is 15.8 Å². The van der Waals surface area contributed by atoms with Gasteiger partial charge in [0.2, 0.25) is 5.88 Å². The van der Waals surface area contributed by atoms with Gasteiger partial charge in [0.15, 0.2) is 0 Å². The molecule has 1 atom stereocenters. The topological polar surface area (TPSA) is 60.2 Å². The Balaban J connectivity index is 2.02. The van der Waals surface area contributed by atoms with Crippen LogP contribution in [0.2, 0.25) is 0 Å². The molecule has 1 heterocycles. The van der Waals surface area contributed by atoms with Crippen molar-refractivity contribution in [3.63, 3.8) is 0 Å². The highest BCUT2D eigenvalue weighted by Crippen LogP contribution is 2.31. The number of hydrogen-bond acceptors (Lipinski definition) is 4. The van der Waals surface area contributed by atoms with Crippen LogP contribution in [0.1, 0.15) is 40.5 Å². The lowest BCUT2D eigenvalue weighted by Gasteiger charge is -2.28. The maximum absolute atomic E-state index is 5.90. The van der Waals surface area contributed by atoms with Crippen molar-refractivity contribution in [1.82, 2.24) is 4.98 Å². The number of nitrogens with zero attached hydrogens (tertiary/aromatic N) is 1. The molecule has 0 aromatic carbocycles. The number of ether oxygens (including phenoxy) is 1. The van der Waals surface area contributed by atoms with Crippen LogP contribution in [-0.4, -0.2) is 17.6 Å². The van der Waals surface area contributed by atoms with Crippen molar-refractivity contribution in [3.8, 4) is 5.88 Å². The molecule has 106 valence electrons. The monoisotopic (exact) mass is 263 g/mol. The molecule has 0 saturated heterocycles. The fourth-order valence-corrected chi connectivity index (χ4v) is 1.57. The Labute approximate surface area is 115 Å². The maximum atomic E-state index is 5.90. The van der Waals surface area contributed by atoms with E-state index >= 15 is 0 Å². The zero-order chi connectivity index (χ0) is 14.0. The molecular formula is C15H25N3O. The molecular weight excluding hydrogens is 238 g/mol. The molecule has 1 saturated carbocycles. The van der Waals surface area contributed by atoms with E-state index in [2.05, 4.69) is 38.0 Å². The average Bonchev–Trinajstić information content (AvgIpc) is 3.12. The number of nitrogen functional groups attached to an aromatic ring is 1. The van der Waals surface area contributed by atoms with Crippen LogP contribution in [0, 0.1) is 11.3 Å². The molecule has 3 N–H and O–H groups in total. The third kappa shape index (κ3) is 4.01. The van der Waals surface area contributed by atoms with Gasteiger partial charge in [-0.2, -0.15) is 4.98 Å². The van der Waals surface area contributed by atoms with Crippen molar-refractivity contribution in [2.24, 2.45) is 11.3 Å². The van der Waals surface area contributed by atoms with E-state index in [-0.39, 0.29) is 5.41 Å². The van der Waals surface area contributed by atoms with Gasteiger partial charge in [0, 0.05) is 6.04 Å². The lowest BCUT2D eigenvalue weighted by Crippen LogP contribution is -2.31. The van der Waals surface area contributed by atoms with Gasteiger partial charge in [-0.15, -0.1) is 0 Å². The van der Waals surface area contributed by atoms with Gasteiger partial charge in [0.25, 0.3) is 0 Å². The van der Waals surface area contributed by atoms with Crippen LogP contribution >= 0.6 is 0 Å². The van der Waals surface area contributed by atoms with E-state index in [1.165, 1.54) is 12.8 Å². The Bertz CT molecular complexity index is 436. The second-order valence-electron chi connectivity index (χ2n) is 6.58. The first-order valence-electron chi connectivity index (χ1n) is 7.02. The minimum absolute atomic E-state index is 0.179. The number of anilines is 2. The van der Waals surface area contributed by atoms with E-state index in [1.54, 1.807) is 0 Å². The van der Waals surface area contributed by atoms with Crippen LogP contribution in [0.3, 0.4) is 0 Å². The van der Waals surface area contributed by atoms with Gasteiger partial charge in [-0.05, 0) is 43.2 Å². The summed E-state index contributed by atoms with van der Waals surface area (Å²) in [6.45, 7) is 9.49. The molecule has 1 aliphatic carbocycles. The predicted molar refractivity (Wildman–Crippen MR) is 79.4 cm³/mol. The van der Waals surface area contributed by atoms with Crippen LogP contribution in [0.5, 0.6) is 5.88 Å². The van der Waals surface area contributed by atoms with E-state index in [9.17, 15) is 0 Å². The Morgan fingerprint density at radius 3 is 2.68 bits per heavy atom. The van der Waals surface area contributed by atoms with Crippen molar-refractivity contribution >= 4 is 11.5 Å². The van der Waals surface area contributed by atoms with Gasteiger partial charge in [-0.1, -0.05) is 20.8 Å². The largest absolute Gasteiger partial charge is 0.476 e.